The van der Waals surface area contributed by atoms with Crippen molar-refractivity contribution in [3.63, 3.8) is 0 Å². The number of hydrogen-bond donors (Lipinski definition) is 1. The molecule has 1 atom stereocenters. The van der Waals surface area contributed by atoms with E-state index in [-0.39, 0.29) is 18.7 Å². The van der Waals surface area contributed by atoms with E-state index < -0.39 is 6.10 Å². The second kappa shape index (κ2) is 6.80. The van der Waals surface area contributed by atoms with Gasteiger partial charge in [-0.1, -0.05) is 35.5 Å². The Morgan fingerprint density at radius 1 is 1.12 bits per heavy atom. The van der Waals surface area contributed by atoms with Gasteiger partial charge in [-0.2, -0.15) is 0 Å². The Labute approximate surface area is 139 Å². The first kappa shape index (κ1) is 16.1. The van der Waals surface area contributed by atoms with Crippen LogP contribution in [0.2, 0.25) is 0 Å². The molecule has 0 saturated carbocycles. The van der Waals surface area contributed by atoms with Crippen molar-refractivity contribution in [3.8, 4) is 5.75 Å². The minimum Gasteiger partial charge on any atom is -0.490 e. The zero-order valence-electron chi connectivity index (χ0n) is 13.6. The quantitative estimate of drug-likeness (QED) is 0.774. The fourth-order valence-electron chi connectivity index (χ4n) is 2.60. The standard InChI is InChI=1S/C18H19N3O3/c1-12-6-5-7-13(2)17(12)24-11-14(22)10-21-18(23)15-8-3-4-9-16(15)19-20-21/h3-9,14,22H,10-11H2,1-2H3. The molecule has 1 aromatic heterocycles. The van der Waals surface area contributed by atoms with Gasteiger partial charge in [0.15, 0.2) is 0 Å². The zero-order chi connectivity index (χ0) is 17.1. The first-order valence-corrected chi connectivity index (χ1v) is 7.76. The second-order valence-electron chi connectivity index (χ2n) is 5.78. The average molecular weight is 325 g/mol. The van der Waals surface area contributed by atoms with E-state index in [9.17, 15) is 9.90 Å². The summed E-state index contributed by atoms with van der Waals surface area (Å²) in [5.74, 6) is 0.758. The zero-order valence-corrected chi connectivity index (χ0v) is 13.6. The fourth-order valence-corrected chi connectivity index (χ4v) is 2.60. The Morgan fingerprint density at radius 2 is 1.83 bits per heavy atom. The van der Waals surface area contributed by atoms with E-state index in [0.29, 0.717) is 10.9 Å². The highest BCUT2D eigenvalue weighted by Gasteiger charge is 2.12. The molecule has 0 saturated heterocycles. The van der Waals surface area contributed by atoms with Crippen LogP contribution in [0.5, 0.6) is 5.75 Å². The Kier molecular flexibility index (Phi) is 4.57. The molecule has 24 heavy (non-hydrogen) atoms. The summed E-state index contributed by atoms with van der Waals surface area (Å²) in [5, 5.41) is 18.5. The van der Waals surface area contributed by atoms with E-state index in [1.165, 1.54) is 4.68 Å². The minimum atomic E-state index is -0.864. The van der Waals surface area contributed by atoms with Crippen molar-refractivity contribution in [2.45, 2.75) is 26.5 Å². The van der Waals surface area contributed by atoms with Crippen LogP contribution in [-0.4, -0.2) is 32.8 Å². The van der Waals surface area contributed by atoms with Crippen LogP contribution in [0.4, 0.5) is 0 Å². The third kappa shape index (κ3) is 3.28. The molecule has 6 nitrogen and oxygen atoms in total. The summed E-state index contributed by atoms with van der Waals surface area (Å²) in [5.41, 5.74) is 2.28. The van der Waals surface area contributed by atoms with Crippen molar-refractivity contribution in [2.75, 3.05) is 6.61 Å². The molecule has 1 N–H and O–H groups in total. The van der Waals surface area contributed by atoms with Gasteiger partial charge >= 0.3 is 0 Å². The molecule has 124 valence electrons. The van der Waals surface area contributed by atoms with Gasteiger partial charge in [0.1, 0.15) is 24.0 Å². The number of aliphatic hydroxyl groups excluding tert-OH is 1. The molecular weight excluding hydrogens is 306 g/mol. The fraction of sp³-hybridized carbons (Fsp3) is 0.278. The highest BCUT2D eigenvalue weighted by atomic mass is 16.5. The topological polar surface area (TPSA) is 77.2 Å². The smallest absolute Gasteiger partial charge is 0.277 e. The largest absolute Gasteiger partial charge is 0.490 e. The van der Waals surface area contributed by atoms with E-state index in [0.717, 1.165) is 16.9 Å². The first-order chi connectivity index (χ1) is 11.6. The van der Waals surface area contributed by atoms with Crippen molar-refractivity contribution < 1.29 is 9.84 Å². The number of aryl methyl sites for hydroxylation is 2. The van der Waals surface area contributed by atoms with Gasteiger partial charge in [-0.3, -0.25) is 4.79 Å². The SMILES string of the molecule is Cc1cccc(C)c1OCC(O)Cn1nnc2ccccc2c1=O. The van der Waals surface area contributed by atoms with Crippen LogP contribution < -0.4 is 10.3 Å². The lowest BCUT2D eigenvalue weighted by molar-refractivity contribution is 0.0867. The monoisotopic (exact) mass is 325 g/mol. The lowest BCUT2D eigenvalue weighted by Crippen LogP contribution is -2.32. The van der Waals surface area contributed by atoms with Gasteiger partial charge in [0, 0.05) is 0 Å². The Hall–Kier alpha value is -2.73. The molecule has 2 aromatic carbocycles. The van der Waals surface area contributed by atoms with Crippen LogP contribution >= 0.6 is 0 Å². The maximum absolute atomic E-state index is 12.4. The summed E-state index contributed by atoms with van der Waals surface area (Å²) in [6, 6.07) is 12.9. The summed E-state index contributed by atoms with van der Waals surface area (Å²) in [7, 11) is 0. The molecule has 0 radical (unpaired) electrons. The Morgan fingerprint density at radius 3 is 2.58 bits per heavy atom. The summed E-state index contributed by atoms with van der Waals surface area (Å²) in [6.45, 7) is 4.01. The van der Waals surface area contributed by atoms with Gasteiger partial charge < -0.3 is 9.84 Å². The number of hydrogen-bond acceptors (Lipinski definition) is 5. The van der Waals surface area contributed by atoms with Gasteiger partial charge in [-0.15, -0.1) is 5.10 Å². The number of benzene rings is 2. The van der Waals surface area contributed by atoms with E-state index in [4.69, 9.17) is 4.74 Å². The Bertz CT molecular complexity index is 901. The third-order valence-corrected chi connectivity index (χ3v) is 3.84. The predicted molar refractivity (Wildman–Crippen MR) is 91.2 cm³/mol. The van der Waals surface area contributed by atoms with Crippen LogP contribution in [0, 0.1) is 13.8 Å². The maximum Gasteiger partial charge on any atom is 0.277 e. The van der Waals surface area contributed by atoms with E-state index in [2.05, 4.69) is 10.3 Å². The third-order valence-electron chi connectivity index (χ3n) is 3.84. The molecule has 1 unspecified atom stereocenters. The first-order valence-electron chi connectivity index (χ1n) is 7.76. The van der Waals surface area contributed by atoms with Crippen LogP contribution in [0.1, 0.15) is 11.1 Å². The van der Waals surface area contributed by atoms with E-state index >= 15 is 0 Å². The van der Waals surface area contributed by atoms with Gasteiger partial charge in [-0.25, -0.2) is 4.68 Å². The van der Waals surface area contributed by atoms with Crippen LogP contribution in [-0.2, 0) is 6.54 Å². The summed E-state index contributed by atoms with van der Waals surface area (Å²) in [6.07, 6.45) is -0.864. The molecule has 1 heterocycles. The lowest BCUT2D eigenvalue weighted by Gasteiger charge is -2.16. The molecule has 3 rings (SSSR count). The van der Waals surface area contributed by atoms with Crippen molar-refractivity contribution in [1.29, 1.82) is 0 Å². The van der Waals surface area contributed by atoms with Crippen LogP contribution in [0.25, 0.3) is 10.9 Å². The second-order valence-corrected chi connectivity index (χ2v) is 5.78. The van der Waals surface area contributed by atoms with E-state index in [1.807, 2.05) is 32.0 Å². The van der Waals surface area contributed by atoms with Gasteiger partial charge in [0.2, 0.25) is 0 Å². The highest BCUT2D eigenvalue weighted by molar-refractivity contribution is 5.76. The number of para-hydroxylation sites is 1. The molecular formula is C18H19N3O3. The molecule has 0 aliphatic heterocycles. The molecule has 6 heteroatoms. The van der Waals surface area contributed by atoms with Gasteiger partial charge in [0.05, 0.1) is 11.9 Å². The summed E-state index contributed by atoms with van der Waals surface area (Å²) < 4.78 is 6.88. The van der Waals surface area contributed by atoms with Crippen LogP contribution in [0.15, 0.2) is 47.3 Å². The van der Waals surface area contributed by atoms with Crippen molar-refractivity contribution in [2.24, 2.45) is 0 Å². The minimum absolute atomic E-state index is 0.0294. The Balaban J connectivity index is 1.72. The molecule has 3 aromatic rings. The lowest BCUT2D eigenvalue weighted by atomic mass is 10.1. The number of fused-ring (bicyclic) bond motifs is 1. The van der Waals surface area contributed by atoms with Crippen molar-refractivity contribution >= 4 is 10.9 Å². The molecule has 0 amide bonds. The van der Waals surface area contributed by atoms with Gasteiger partial charge in [-0.05, 0) is 37.1 Å². The number of aliphatic hydroxyl groups is 1. The maximum atomic E-state index is 12.4. The molecule has 0 aliphatic rings. The van der Waals surface area contributed by atoms with E-state index in [1.54, 1.807) is 24.3 Å². The highest BCUT2D eigenvalue weighted by Crippen LogP contribution is 2.22. The normalized spacial score (nSPS) is 12.3. The summed E-state index contributed by atoms with van der Waals surface area (Å²) >= 11 is 0. The number of aromatic nitrogens is 3. The number of nitrogens with zero attached hydrogens (tertiary/aromatic N) is 3. The average Bonchev–Trinajstić information content (AvgIpc) is 2.57. The number of rotatable bonds is 5. The molecule has 0 aliphatic carbocycles. The molecule has 0 spiro atoms. The summed E-state index contributed by atoms with van der Waals surface area (Å²) in [4.78, 5) is 12.4. The van der Waals surface area contributed by atoms with Crippen molar-refractivity contribution in [3.05, 3.63) is 63.9 Å². The van der Waals surface area contributed by atoms with Crippen LogP contribution in [0.3, 0.4) is 0 Å². The number of ether oxygens (including phenoxy) is 1. The van der Waals surface area contributed by atoms with Gasteiger partial charge in [0.25, 0.3) is 5.56 Å². The molecule has 0 fully saturated rings. The van der Waals surface area contributed by atoms with Crippen molar-refractivity contribution in [1.82, 2.24) is 15.0 Å². The predicted octanol–water partition coefficient (Wildman–Crippen LogP) is 1.85. The molecule has 0 bridgehead atoms.